The van der Waals surface area contributed by atoms with E-state index >= 15 is 0 Å². The Hall–Kier alpha value is -3.02. The van der Waals surface area contributed by atoms with Crippen LogP contribution in [0, 0.1) is 6.92 Å². The summed E-state index contributed by atoms with van der Waals surface area (Å²) in [6.45, 7) is 1.90. The number of fused-ring (bicyclic) bond motifs is 1. The number of nitrogens with zero attached hydrogens (tertiary/aromatic N) is 5. The van der Waals surface area contributed by atoms with E-state index in [0.717, 1.165) is 39.2 Å². The minimum Gasteiger partial charge on any atom is -0.285 e. The number of aromatic nitrogens is 6. The van der Waals surface area contributed by atoms with Gasteiger partial charge in [0, 0.05) is 24.4 Å². The number of benzene rings is 1. The van der Waals surface area contributed by atoms with Crippen molar-refractivity contribution in [1.82, 2.24) is 29.9 Å². The summed E-state index contributed by atoms with van der Waals surface area (Å²) in [6, 6.07) is 8.27. The number of hydrogen-bond acceptors (Lipinski definition) is 4. The van der Waals surface area contributed by atoms with Gasteiger partial charge in [0.15, 0.2) is 5.65 Å². The molecule has 0 aliphatic heterocycles. The van der Waals surface area contributed by atoms with Gasteiger partial charge in [-0.1, -0.05) is 24.3 Å². The Balaban J connectivity index is 1.85. The van der Waals surface area contributed by atoms with Crippen molar-refractivity contribution in [3.63, 3.8) is 0 Å². The average Bonchev–Trinajstić information content (AvgIpc) is 3.18. The molecule has 6 heteroatoms. The van der Waals surface area contributed by atoms with Crippen LogP contribution in [0.15, 0.2) is 42.9 Å². The van der Waals surface area contributed by atoms with Crippen molar-refractivity contribution < 1.29 is 0 Å². The minimum atomic E-state index is 0.741. The topological polar surface area (TPSA) is 72.3 Å². The molecule has 0 amide bonds. The van der Waals surface area contributed by atoms with Crippen LogP contribution in [-0.2, 0) is 7.05 Å². The van der Waals surface area contributed by atoms with Crippen LogP contribution in [0.5, 0.6) is 0 Å². The lowest BCUT2D eigenvalue weighted by Gasteiger charge is -2.05. The summed E-state index contributed by atoms with van der Waals surface area (Å²) in [6.07, 6.45) is 5.50. The van der Waals surface area contributed by atoms with E-state index in [4.69, 9.17) is 0 Å². The fourth-order valence-corrected chi connectivity index (χ4v) is 2.58. The monoisotopic (exact) mass is 290 g/mol. The summed E-state index contributed by atoms with van der Waals surface area (Å²) in [7, 11) is 1.89. The summed E-state index contributed by atoms with van der Waals surface area (Å²) in [5.41, 5.74) is 4.99. The molecule has 0 spiro atoms. The molecule has 0 saturated heterocycles. The Kier molecular flexibility index (Phi) is 2.75. The molecule has 1 N–H and O–H groups in total. The smallest absolute Gasteiger partial charge is 0.161 e. The molecule has 0 atom stereocenters. The number of H-pyrrole nitrogens is 1. The second-order valence-electron chi connectivity index (χ2n) is 5.19. The predicted octanol–water partition coefficient (Wildman–Crippen LogP) is 2.73. The molecule has 0 aliphatic carbocycles. The van der Waals surface area contributed by atoms with E-state index < -0.39 is 0 Å². The number of rotatable bonds is 2. The Morgan fingerprint density at radius 2 is 1.73 bits per heavy atom. The summed E-state index contributed by atoms with van der Waals surface area (Å²) in [4.78, 5) is 9.05. The Morgan fingerprint density at radius 3 is 2.45 bits per heavy atom. The van der Waals surface area contributed by atoms with Gasteiger partial charge >= 0.3 is 0 Å². The Morgan fingerprint density at radius 1 is 0.955 bits per heavy atom. The first kappa shape index (κ1) is 12.7. The molecule has 22 heavy (non-hydrogen) atoms. The summed E-state index contributed by atoms with van der Waals surface area (Å²) in [5, 5.41) is 12.1. The number of hydrogen-bond donors (Lipinski definition) is 1. The molecule has 0 fully saturated rings. The molecule has 4 rings (SSSR count). The number of aryl methyl sites for hydroxylation is 2. The molecule has 3 aromatic heterocycles. The van der Waals surface area contributed by atoms with Crippen LogP contribution in [0.25, 0.3) is 33.4 Å². The first-order chi connectivity index (χ1) is 10.7. The van der Waals surface area contributed by atoms with Gasteiger partial charge < -0.3 is 0 Å². The van der Waals surface area contributed by atoms with Crippen molar-refractivity contribution in [1.29, 1.82) is 0 Å². The van der Waals surface area contributed by atoms with E-state index in [-0.39, 0.29) is 0 Å². The van der Waals surface area contributed by atoms with E-state index in [1.165, 1.54) is 0 Å². The lowest BCUT2D eigenvalue weighted by molar-refractivity contribution is 0.783. The summed E-state index contributed by atoms with van der Waals surface area (Å²) >= 11 is 0. The molecule has 0 bridgehead atoms. The molecule has 108 valence electrons. The zero-order valence-corrected chi connectivity index (χ0v) is 12.3. The van der Waals surface area contributed by atoms with Crippen LogP contribution >= 0.6 is 0 Å². The standard InChI is InChI=1S/C16H14N6/c1-10-20-15(14-9-19-22(2)16(14)21-10)12-5-3-11(4-6-12)13-7-17-18-8-13/h3-9H,1-2H3,(H,17,18). The fourth-order valence-electron chi connectivity index (χ4n) is 2.58. The second kappa shape index (κ2) is 4.77. The van der Waals surface area contributed by atoms with Crippen LogP contribution < -0.4 is 0 Å². The zero-order valence-electron chi connectivity index (χ0n) is 12.3. The third-order valence-corrected chi connectivity index (χ3v) is 3.69. The molecule has 6 nitrogen and oxygen atoms in total. The van der Waals surface area contributed by atoms with E-state index in [2.05, 4.69) is 49.5 Å². The van der Waals surface area contributed by atoms with Gasteiger partial charge in [0.1, 0.15) is 5.82 Å². The first-order valence-corrected chi connectivity index (χ1v) is 6.98. The maximum atomic E-state index is 4.59. The van der Waals surface area contributed by atoms with Crippen LogP contribution in [0.4, 0.5) is 0 Å². The van der Waals surface area contributed by atoms with Crippen molar-refractivity contribution in [2.75, 3.05) is 0 Å². The maximum Gasteiger partial charge on any atom is 0.161 e. The normalized spacial score (nSPS) is 11.2. The van der Waals surface area contributed by atoms with Gasteiger partial charge in [0.05, 0.1) is 23.5 Å². The Labute approximate surface area is 126 Å². The van der Waals surface area contributed by atoms with Crippen LogP contribution in [-0.4, -0.2) is 29.9 Å². The maximum absolute atomic E-state index is 4.59. The molecule has 3 heterocycles. The Bertz CT molecular complexity index is 935. The quantitative estimate of drug-likeness (QED) is 0.616. The first-order valence-electron chi connectivity index (χ1n) is 6.98. The fraction of sp³-hybridized carbons (Fsp3) is 0.125. The second-order valence-corrected chi connectivity index (χ2v) is 5.19. The van der Waals surface area contributed by atoms with E-state index in [1.54, 1.807) is 4.68 Å². The molecule has 0 radical (unpaired) electrons. The zero-order chi connectivity index (χ0) is 15.1. The van der Waals surface area contributed by atoms with Crippen molar-refractivity contribution >= 4 is 11.0 Å². The van der Waals surface area contributed by atoms with Gasteiger partial charge in [-0.3, -0.25) is 9.78 Å². The van der Waals surface area contributed by atoms with Gasteiger partial charge in [0.25, 0.3) is 0 Å². The molecular formula is C16H14N6. The number of aromatic amines is 1. The highest BCUT2D eigenvalue weighted by Crippen LogP contribution is 2.28. The molecule has 1 aromatic carbocycles. The molecule has 0 saturated carbocycles. The van der Waals surface area contributed by atoms with Gasteiger partial charge in [0.2, 0.25) is 0 Å². The lowest BCUT2D eigenvalue weighted by Crippen LogP contribution is -1.97. The minimum absolute atomic E-state index is 0.741. The van der Waals surface area contributed by atoms with Crippen molar-refractivity contribution in [2.45, 2.75) is 6.92 Å². The largest absolute Gasteiger partial charge is 0.285 e. The summed E-state index contributed by atoms with van der Waals surface area (Å²) < 4.78 is 1.77. The van der Waals surface area contributed by atoms with Crippen LogP contribution in [0.1, 0.15) is 5.82 Å². The number of nitrogens with one attached hydrogen (secondary N) is 1. The van der Waals surface area contributed by atoms with Gasteiger partial charge in [-0.05, 0) is 12.5 Å². The predicted molar refractivity (Wildman–Crippen MR) is 84.1 cm³/mol. The third kappa shape index (κ3) is 1.96. The van der Waals surface area contributed by atoms with Crippen LogP contribution in [0.3, 0.4) is 0 Å². The average molecular weight is 290 g/mol. The van der Waals surface area contributed by atoms with Gasteiger partial charge in [-0.25, -0.2) is 9.97 Å². The highest BCUT2D eigenvalue weighted by molar-refractivity contribution is 5.90. The molecule has 0 unspecified atom stereocenters. The summed E-state index contributed by atoms with van der Waals surface area (Å²) in [5.74, 6) is 0.741. The SMILES string of the molecule is Cc1nc(-c2ccc(-c3cn[nH]c3)cc2)c2cnn(C)c2n1. The molecule has 0 aliphatic rings. The lowest BCUT2D eigenvalue weighted by atomic mass is 10.0. The highest BCUT2D eigenvalue weighted by atomic mass is 15.3. The van der Waals surface area contributed by atoms with E-state index in [0.29, 0.717) is 0 Å². The molecular weight excluding hydrogens is 276 g/mol. The van der Waals surface area contributed by atoms with Crippen molar-refractivity contribution in [3.8, 4) is 22.4 Å². The van der Waals surface area contributed by atoms with Gasteiger partial charge in [-0.2, -0.15) is 10.2 Å². The van der Waals surface area contributed by atoms with Crippen molar-refractivity contribution in [3.05, 3.63) is 48.7 Å². The van der Waals surface area contributed by atoms with E-state index in [1.807, 2.05) is 32.6 Å². The van der Waals surface area contributed by atoms with Crippen molar-refractivity contribution in [2.24, 2.45) is 7.05 Å². The van der Waals surface area contributed by atoms with Gasteiger partial charge in [-0.15, -0.1) is 0 Å². The molecule has 4 aromatic rings. The van der Waals surface area contributed by atoms with E-state index in [9.17, 15) is 0 Å². The van der Waals surface area contributed by atoms with Crippen LogP contribution in [0.2, 0.25) is 0 Å². The third-order valence-electron chi connectivity index (χ3n) is 3.69. The highest BCUT2D eigenvalue weighted by Gasteiger charge is 2.11.